The highest BCUT2D eigenvalue weighted by Crippen LogP contribution is 2.20. The molecule has 0 heterocycles. The molecular formula is C18H39NO. The quantitative estimate of drug-likeness (QED) is 0.437. The monoisotopic (exact) mass is 285 g/mol. The third kappa shape index (κ3) is 9.77. The third-order valence-corrected chi connectivity index (χ3v) is 4.35. The van der Waals surface area contributed by atoms with Crippen LogP contribution < -0.4 is 5.32 Å². The number of methoxy groups -OCH3 is 1. The summed E-state index contributed by atoms with van der Waals surface area (Å²) < 4.78 is 5.66. The number of nitrogens with one attached hydrogen (secondary N) is 1. The fourth-order valence-corrected chi connectivity index (χ4v) is 2.64. The van der Waals surface area contributed by atoms with Gasteiger partial charge in [-0.3, -0.25) is 0 Å². The lowest BCUT2D eigenvalue weighted by atomic mass is 9.92. The molecule has 0 saturated heterocycles. The van der Waals surface area contributed by atoms with E-state index in [1.807, 2.05) is 7.11 Å². The Morgan fingerprint density at radius 1 is 0.850 bits per heavy atom. The average molecular weight is 286 g/mol. The summed E-state index contributed by atoms with van der Waals surface area (Å²) in [4.78, 5) is 0. The molecule has 0 aliphatic heterocycles. The van der Waals surface area contributed by atoms with Gasteiger partial charge in [0.1, 0.15) is 0 Å². The molecule has 20 heavy (non-hydrogen) atoms. The minimum Gasteiger partial charge on any atom is -0.377 e. The van der Waals surface area contributed by atoms with E-state index in [9.17, 15) is 0 Å². The number of ether oxygens (including phenoxy) is 1. The van der Waals surface area contributed by atoms with E-state index >= 15 is 0 Å². The van der Waals surface area contributed by atoms with Crippen molar-refractivity contribution in [2.45, 2.75) is 104 Å². The fraction of sp³-hybridized carbons (Fsp3) is 1.00. The van der Waals surface area contributed by atoms with Crippen molar-refractivity contribution in [1.29, 1.82) is 0 Å². The molecule has 0 aromatic carbocycles. The van der Waals surface area contributed by atoms with Gasteiger partial charge in [-0.05, 0) is 33.2 Å². The van der Waals surface area contributed by atoms with Gasteiger partial charge in [0.15, 0.2) is 0 Å². The van der Waals surface area contributed by atoms with E-state index in [1.165, 1.54) is 64.2 Å². The van der Waals surface area contributed by atoms with Gasteiger partial charge in [0.2, 0.25) is 0 Å². The summed E-state index contributed by atoms with van der Waals surface area (Å²) in [5, 5.41) is 3.65. The second-order valence-electron chi connectivity index (χ2n) is 6.58. The molecule has 0 saturated carbocycles. The third-order valence-electron chi connectivity index (χ3n) is 4.35. The maximum atomic E-state index is 5.66. The standard InChI is InChI=1S/C18H39NO/c1-6-8-9-10-11-12-13-14-15-17(19-16-7-2)18(3,4)20-5/h17,19H,6-16H2,1-5H3. The molecule has 122 valence electrons. The second-order valence-corrected chi connectivity index (χ2v) is 6.58. The van der Waals surface area contributed by atoms with Crippen molar-refractivity contribution in [2.75, 3.05) is 13.7 Å². The van der Waals surface area contributed by atoms with E-state index in [0.717, 1.165) is 6.54 Å². The summed E-state index contributed by atoms with van der Waals surface area (Å²) in [7, 11) is 1.83. The molecule has 0 aliphatic rings. The molecule has 0 aromatic rings. The van der Waals surface area contributed by atoms with E-state index in [-0.39, 0.29) is 5.60 Å². The Morgan fingerprint density at radius 2 is 1.40 bits per heavy atom. The van der Waals surface area contributed by atoms with Crippen LogP contribution in [-0.4, -0.2) is 25.3 Å². The number of hydrogen-bond donors (Lipinski definition) is 1. The Bertz CT molecular complexity index is 204. The van der Waals surface area contributed by atoms with E-state index < -0.39 is 0 Å². The van der Waals surface area contributed by atoms with Crippen LogP contribution in [0.1, 0.15) is 91.9 Å². The first-order valence-electron chi connectivity index (χ1n) is 8.87. The van der Waals surface area contributed by atoms with Crippen molar-refractivity contribution >= 4 is 0 Å². The van der Waals surface area contributed by atoms with Crippen LogP contribution in [0.15, 0.2) is 0 Å². The molecule has 0 rings (SSSR count). The van der Waals surface area contributed by atoms with Gasteiger partial charge in [0.25, 0.3) is 0 Å². The van der Waals surface area contributed by atoms with Crippen LogP contribution in [0.3, 0.4) is 0 Å². The largest absolute Gasteiger partial charge is 0.377 e. The highest BCUT2D eigenvalue weighted by atomic mass is 16.5. The Balaban J connectivity index is 3.74. The normalized spacial score (nSPS) is 13.7. The van der Waals surface area contributed by atoms with E-state index in [0.29, 0.717) is 6.04 Å². The molecule has 0 bridgehead atoms. The Hall–Kier alpha value is -0.0800. The Labute approximate surface area is 128 Å². The summed E-state index contributed by atoms with van der Waals surface area (Å²) in [6.45, 7) is 9.99. The minimum absolute atomic E-state index is 0.0592. The zero-order chi connectivity index (χ0) is 15.3. The van der Waals surface area contributed by atoms with Crippen LogP contribution in [0, 0.1) is 0 Å². The van der Waals surface area contributed by atoms with Crippen LogP contribution in [0.4, 0.5) is 0 Å². The lowest BCUT2D eigenvalue weighted by molar-refractivity contribution is -0.0131. The van der Waals surface area contributed by atoms with E-state index in [1.54, 1.807) is 0 Å². The van der Waals surface area contributed by atoms with Gasteiger partial charge in [-0.15, -0.1) is 0 Å². The highest BCUT2D eigenvalue weighted by molar-refractivity contribution is 4.85. The van der Waals surface area contributed by atoms with Crippen molar-refractivity contribution in [3.63, 3.8) is 0 Å². The van der Waals surface area contributed by atoms with Crippen LogP contribution in [0.25, 0.3) is 0 Å². The lowest BCUT2D eigenvalue weighted by Gasteiger charge is -2.34. The summed E-state index contributed by atoms with van der Waals surface area (Å²) in [5.41, 5.74) is -0.0592. The van der Waals surface area contributed by atoms with Gasteiger partial charge < -0.3 is 10.1 Å². The predicted octanol–water partition coefficient (Wildman–Crippen LogP) is 5.31. The molecule has 0 fully saturated rings. The molecule has 0 aromatic heterocycles. The van der Waals surface area contributed by atoms with Gasteiger partial charge in [-0.1, -0.05) is 65.2 Å². The van der Waals surface area contributed by atoms with Crippen molar-refractivity contribution in [1.82, 2.24) is 5.32 Å². The van der Waals surface area contributed by atoms with Gasteiger partial charge in [-0.25, -0.2) is 0 Å². The number of hydrogen-bond acceptors (Lipinski definition) is 2. The second kappa shape index (κ2) is 12.6. The SMILES string of the molecule is CCCCCCCCCCC(NCCC)C(C)(C)OC. The maximum absolute atomic E-state index is 5.66. The van der Waals surface area contributed by atoms with Crippen LogP contribution in [0.2, 0.25) is 0 Å². The smallest absolute Gasteiger partial charge is 0.0774 e. The molecular weight excluding hydrogens is 246 g/mol. The van der Waals surface area contributed by atoms with E-state index in [2.05, 4.69) is 33.0 Å². The average Bonchev–Trinajstić information content (AvgIpc) is 2.44. The van der Waals surface area contributed by atoms with Crippen LogP contribution in [-0.2, 0) is 4.74 Å². The molecule has 2 heteroatoms. The summed E-state index contributed by atoms with van der Waals surface area (Å²) in [6.07, 6.45) is 13.5. The zero-order valence-electron chi connectivity index (χ0n) is 14.8. The molecule has 1 unspecified atom stereocenters. The molecule has 1 atom stereocenters. The number of rotatable bonds is 14. The topological polar surface area (TPSA) is 21.3 Å². The Morgan fingerprint density at radius 3 is 1.90 bits per heavy atom. The first-order chi connectivity index (χ1) is 9.58. The van der Waals surface area contributed by atoms with E-state index in [4.69, 9.17) is 4.74 Å². The van der Waals surface area contributed by atoms with Crippen molar-refractivity contribution in [3.8, 4) is 0 Å². The number of unbranched alkanes of at least 4 members (excludes halogenated alkanes) is 7. The molecule has 0 amide bonds. The molecule has 2 nitrogen and oxygen atoms in total. The van der Waals surface area contributed by atoms with Gasteiger partial charge >= 0.3 is 0 Å². The maximum Gasteiger partial charge on any atom is 0.0774 e. The lowest BCUT2D eigenvalue weighted by Crippen LogP contribution is -2.48. The van der Waals surface area contributed by atoms with Crippen molar-refractivity contribution in [2.24, 2.45) is 0 Å². The summed E-state index contributed by atoms with van der Waals surface area (Å²) in [6, 6.07) is 0.479. The summed E-state index contributed by atoms with van der Waals surface area (Å²) >= 11 is 0. The van der Waals surface area contributed by atoms with Gasteiger partial charge in [0, 0.05) is 13.2 Å². The minimum atomic E-state index is -0.0592. The van der Waals surface area contributed by atoms with Crippen molar-refractivity contribution < 1.29 is 4.74 Å². The highest BCUT2D eigenvalue weighted by Gasteiger charge is 2.27. The zero-order valence-corrected chi connectivity index (χ0v) is 14.8. The molecule has 0 radical (unpaired) electrons. The summed E-state index contributed by atoms with van der Waals surface area (Å²) in [5.74, 6) is 0. The van der Waals surface area contributed by atoms with Gasteiger partial charge in [-0.2, -0.15) is 0 Å². The van der Waals surface area contributed by atoms with Crippen LogP contribution in [0.5, 0.6) is 0 Å². The fourth-order valence-electron chi connectivity index (χ4n) is 2.64. The van der Waals surface area contributed by atoms with Crippen LogP contribution >= 0.6 is 0 Å². The Kier molecular flexibility index (Phi) is 12.6. The predicted molar refractivity (Wildman–Crippen MR) is 90.4 cm³/mol. The molecule has 0 spiro atoms. The van der Waals surface area contributed by atoms with Crippen molar-refractivity contribution in [3.05, 3.63) is 0 Å². The first kappa shape index (κ1) is 19.9. The molecule has 1 N–H and O–H groups in total. The first-order valence-corrected chi connectivity index (χ1v) is 8.87. The molecule has 0 aliphatic carbocycles. The van der Waals surface area contributed by atoms with Gasteiger partial charge in [0.05, 0.1) is 5.60 Å².